The van der Waals surface area contributed by atoms with Gasteiger partial charge in [0.25, 0.3) is 0 Å². The zero-order chi connectivity index (χ0) is 25.2. The maximum absolute atomic E-state index is 13.3. The number of nitrogens with zero attached hydrogens (tertiary/aromatic N) is 6. The molecule has 5 rings (SSSR count). The SMILES string of the molecule is CC1(O)CN(c2nc(N[C@@H]3CCN(S(C)(=O)=O)C3)nc3c2cnn3-c2cccc(C(F)(F)F)c2)C1. The molecule has 0 amide bonds. The minimum absolute atomic E-state index is 0.185. The van der Waals surface area contributed by atoms with Crippen LogP contribution in [-0.4, -0.2) is 81.7 Å². The Morgan fingerprint density at radius 2 is 1.97 bits per heavy atom. The molecule has 2 N–H and O–H groups in total. The molecule has 2 aliphatic heterocycles. The Kier molecular flexibility index (Phi) is 5.45. The summed E-state index contributed by atoms with van der Waals surface area (Å²) in [5.41, 5.74) is -1.22. The monoisotopic (exact) mass is 511 g/mol. The van der Waals surface area contributed by atoms with Crippen LogP contribution in [-0.2, 0) is 16.2 Å². The fraction of sp³-hybridized carbons (Fsp3) is 0.476. The van der Waals surface area contributed by atoms with Crippen LogP contribution in [0.2, 0.25) is 0 Å². The second kappa shape index (κ2) is 8.03. The van der Waals surface area contributed by atoms with E-state index in [1.54, 1.807) is 6.92 Å². The van der Waals surface area contributed by atoms with Gasteiger partial charge >= 0.3 is 6.18 Å². The molecule has 0 bridgehead atoms. The van der Waals surface area contributed by atoms with Crippen molar-refractivity contribution in [1.82, 2.24) is 24.1 Å². The van der Waals surface area contributed by atoms with Crippen molar-refractivity contribution in [2.75, 3.05) is 42.7 Å². The van der Waals surface area contributed by atoms with Crippen molar-refractivity contribution in [3.05, 3.63) is 36.0 Å². The summed E-state index contributed by atoms with van der Waals surface area (Å²) in [5, 5.41) is 18.2. The van der Waals surface area contributed by atoms with Gasteiger partial charge in [0, 0.05) is 32.2 Å². The molecule has 0 aliphatic carbocycles. The number of anilines is 2. The van der Waals surface area contributed by atoms with Crippen molar-refractivity contribution in [3.8, 4) is 5.69 Å². The Bertz CT molecular complexity index is 1380. The van der Waals surface area contributed by atoms with E-state index in [2.05, 4.69) is 20.4 Å². The van der Waals surface area contributed by atoms with Gasteiger partial charge in [0.2, 0.25) is 16.0 Å². The van der Waals surface area contributed by atoms with E-state index in [1.807, 2.05) is 4.90 Å². The molecule has 188 valence electrons. The smallest absolute Gasteiger partial charge is 0.386 e. The summed E-state index contributed by atoms with van der Waals surface area (Å²) >= 11 is 0. The number of sulfonamides is 1. The highest BCUT2D eigenvalue weighted by atomic mass is 32.2. The third kappa shape index (κ3) is 4.65. The lowest BCUT2D eigenvalue weighted by Crippen LogP contribution is -2.60. The van der Waals surface area contributed by atoms with E-state index in [9.17, 15) is 26.7 Å². The van der Waals surface area contributed by atoms with Crippen molar-refractivity contribution in [2.24, 2.45) is 0 Å². The lowest BCUT2D eigenvalue weighted by atomic mass is 9.97. The summed E-state index contributed by atoms with van der Waals surface area (Å²) in [6.45, 7) is 2.95. The first-order valence-electron chi connectivity index (χ1n) is 10.9. The van der Waals surface area contributed by atoms with Gasteiger partial charge in [0.05, 0.1) is 34.7 Å². The zero-order valence-electron chi connectivity index (χ0n) is 19.0. The fourth-order valence-electron chi connectivity index (χ4n) is 4.46. The normalized spacial score (nSPS) is 20.9. The van der Waals surface area contributed by atoms with Gasteiger partial charge in [-0.2, -0.15) is 28.2 Å². The lowest BCUT2D eigenvalue weighted by molar-refractivity contribution is -0.137. The zero-order valence-corrected chi connectivity index (χ0v) is 19.8. The number of benzene rings is 1. The van der Waals surface area contributed by atoms with Gasteiger partial charge in [0.1, 0.15) is 5.82 Å². The molecule has 0 spiro atoms. The van der Waals surface area contributed by atoms with Gasteiger partial charge in [-0.15, -0.1) is 0 Å². The van der Waals surface area contributed by atoms with Crippen LogP contribution in [0.1, 0.15) is 18.9 Å². The molecule has 1 aromatic carbocycles. The Morgan fingerprint density at radius 1 is 1.23 bits per heavy atom. The minimum atomic E-state index is -4.51. The highest BCUT2D eigenvalue weighted by Crippen LogP contribution is 2.34. The molecular formula is C21H24F3N7O3S. The number of fused-ring (bicyclic) bond motifs is 1. The summed E-state index contributed by atoms with van der Waals surface area (Å²) in [6.07, 6.45) is -1.32. The van der Waals surface area contributed by atoms with Crippen LogP contribution in [0.15, 0.2) is 30.5 Å². The van der Waals surface area contributed by atoms with E-state index in [0.29, 0.717) is 42.9 Å². The van der Waals surface area contributed by atoms with Crippen LogP contribution in [0, 0.1) is 0 Å². The number of hydrogen-bond acceptors (Lipinski definition) is 8. The van der Waals surface area contributed by atoms with Gasteiger partial charge in [-0.05, 0) is 31.5 Å². The molecule has 2 aliphatic rings. The van der Waals surface area contributed by atoms with Crippen molar-refractivity contribution in [2.45, 2.75) is 31.2 Å². The Morgan fingerprint density at radius 3 is 2.60 bits per heavy atom. The number of hydrogen-bond donors (Lipinski definition) is 2. The van der Waals surface area contributed by atoms with Crippen molar-refractivity contribution in [1.29, 1.82) is 0 Å². The van der Waals surface area contributed by atoms with Crippen LogP contribution in [0.4, 0.5) is 24.9 Å². The van der Waals surface area contributed by atoms with Gasteiger partial charge < -0.3 is 15.3 Å². The molecule has 0 unspecified atom stereocenters. The van der Waals surface area contributed by atoms with Crippen LogP contribution in [0.3, 0.4) is 0 Å². The average Bonchev–Trinajstić information content (AvgIpc) is 3.38. The first-order valence-corrected chi connectivity index (χ1v) is 12.8. The third-order valence-corrected chi connectivity index (χ3v) is 7.41. The van der Waals surface area contributed by atoms with Gasteiger partial charge in [-0.3, -0.25) is 0 Å². The van der Waals surface area contributed by atoms with Gasteiger partial charge in [-0.1, -0.05) is 6.07 Å². The number of rotatable bonds is 5. The second-order valence-corrected chi connectivity index (χ2v) is 11.3. The Hall–Kier alpha value is -2.97. The number of nitrogens with one attached hydrogen (secondary N) is 1. The molecule has 2 aromatic heterocycles. The van der Waals surface area contributed by atoms with Crippen molar-refractivity contribution >= 4 is 32.8 Å². The van der Waals surface area contributed by atoms with Gasteiger partial charge in [-0.25, -0.2) is 17.4 Å². The van der Waals surface area contributed by atoms with E-state index in [1.165, 1.54) is 27.3 Å². The van der Waals surface area contributed by atoms with E-state index < -0.39 is 27.4 Å². The highest BCUT2D eigenvalue weighted by Gasteiger charge is 2.39. The van der Waals surface area contributed by atoms with Crippen LogP contribution < -0.4 is 10.2 Å². The maximum Gasteiger partial charge on any atom is 0.416 e. The van der Waals surface area contributed by atoms with Crippen LogP contribution in [0.25, 0.3) is 16.7 Å². The molecule has 35 heavy (non-hydrogen) atoms. The summed E-state index contributed by atoms with van der Waals surface area (Å²) in [7, 11) is -3.33. The van der Waals surface area contributed by atoms with E-state index in [0.717, 1.165) is 18.4 Å². The third-order valence-electron chi connectivity index (χ3n) is 6.14. The first-order chi connectivity index (χ1) is 16.3. The maximum atomic E-state index is 13.3. The topological polar surface area (TPSA) is 116 Å². The van der Waals surface area contributed by atoms with Gasteiger partial charge in [0.15, 0.2) is 5.65 Å². The van der Waals surface area contributed by atoms with Crippen LogP contribution >= 0.6 is 0 Å². The van der Waals surface area contributed by atoms with E-state index in [-0.39, 0.29) is 24.2 Å². The number of halogens is 3. The molecule has 1 atom stereocenters. The summed E-state index contributed by atoms with van der Waals surface area (Å²) < 4.78 is 66.3. The van der Waals surface area contributed by atoms with E-state index in [4.69, 9.17) is 0 Å². The number of β-amino-alcohol motifs (C(OH)–C–C–N with tert-alkyl or cyclic N) is 1. The van der Waals surface area contributed by atoms with Crippen molar-refractivity contribution in [3.63, 3.8) is 0 Å². The molecule has 3 aromatic rings. The van der Waals surface area contributed by atoms with E-state index >= 15 is 0 Å². The number of alkyl halides is 3. The quantitative estimate of drug-likeness (QED) is 0.533. The molecule has 14 heteroatoms. The molecule has 2 fully saturated rings. The average molecular weight is 512 g/mol. The van der Waals surface area contributed by atoms with Crippen molar-refractivity contribution < 1.29 is 26.7 Å². The first kappa shape index (κ1) is 23.8. The highest BCUT2D eigenvalue weighted by molar-refractivity contribution is 7.88. The predicted octanol–water partition coefficient (Wildman–Crippen LogP) is 1.85. The predicted molar refractivity (Wildman–Crippen MR) is 123 cm³/mol. The Labute approximate surface area is 199 Å². The number of aromatic nitrogens is 4. The summed E-state index contributed by atoms with van der Waals surface area (Å²) in [4.78, 5) is 11.0. The van der Waals surface area contributed by atoms with Crippen LogP contribution in [0.5, 0.6) is 0 Å². The molecule has 4 heterocycles. The fourth-order valence-corrected chi connectivity index (χ4v) is 5.35. The summed E-state index contributed by atoms with van der Waals surface area (Å²) in [5.74, 6) is 0.688. The molecular weight excluding hydrogens is 487 g/mol. The second-order valence-electron chi connectivity index (χ2n) is 9.32. The standard InChI is InChI=1S/C21H24F3N7O3S/c1-20(32)11-29(12-20)17-16-9-25-31(15-5-3-4-13(8-15)21(22,23)24)18(16)28-19(27-17)26-14-6-7-30(10-14)35(2,33)34/h3-5,8-9,14,32H,6-7,10-12H2,1-2H3,(H,26,27,28)/t14-/m1/s1. The molecule has 2 saturated heterocycles. The lowest BCUT2D eigenvalue weighted by Gasteiger charge is -2.45. The summed E-state index contributed by atoms with van der Waals surface area (Å²) in [6, 6.07) is 4.55. The minimum Gasteiger partial charge on any atom is -0.386 e. The number of aliphatic hydroxyl groups is 1. The largest absolute Gasteiger partial charge is 0.416 e. The molecule has 0 saturated carbocycles. The molecule has 0 radical (unpaired) electrons. The Balaban J connectivity index is 1.55. The molecule has 10 nitrogen and oxygen atoms in total.